The standard InChI is InChI=1S/C15H23NO/c1-10(2)13-8-12-6-5-7-17-15(12)14(9-13)16-11(3)4/h8-11,16H,5-7H2,1-4H3. The lowest BCUT2D eigenvalue weighted by Gasteiger charge is -2.24. The van der Waals surface area contributed by atoms with Gasteiger partial charge in [0.2, 0.25) is 0 Å². The summed E-state index contributed by atoms with van der Waals surface area (Å²) in [5, 5.41) is 3.50. The van der Waals surface area contributed by atoms with E-state index in [-0.39, 0.29) is 0 Å². The summed E-state index contributed by atoms with van der Waals surface area (Å²) in [5.74, 6) is 1.64. The van der Waals surface area contributed by atoms with Crippen molar-refractivity contribution in [2.24, 2.45) is 0 Å². The number of rotatable bonds is 3. The van der Waals surface area contributed by atoms with E-state index in [0.717, 1.165) is 25.2 Å². The molecule has 0 aromatic heterocycles. The van der Waals surface area contributed by atoms with Crippen LogP contribution in [0.1, 0.15) is 51.2 Å². The van der Waals surface area contributed by atoms with Crippen molar-refractivity contribution in [2.45, 2.75) is 52.5 Å². The fourth-order valence-corrected chi connectivity index (χ4v) is 2.26. The Labute approximate surface area is 104 Å². The molecular weight excluding hydrogens is 210 g/mol. The lowest BCUT2D eigenvalue weighted by atomic mass is 9.95. The SMILES string of the molecule is CC(C)Nc1cc(C(C)C)cc2c1OCCC2. The van der Waals surface area contributed by atoms with Crippen LogP contribution in [0.15, 0.2) is 12.1 Å². The molecule has 1 aliphatic rings. The minimum atomic E-state index is 0.437. The molecule has 1 aromatic carbocycles. The maximum absolute atomic E-state index is 5.83. The first-order valence-electron chi connectivity index (χ1n) is 6.64. The Morgan fingerprint density at radius 1 is 1.18 bits per heavy atom. The highest BCUT2D eigenvalue weighted by atomic mass is 16.5. The van der Waals surface area contributed by atoms with Crippen molar-refractivity contribution in [2.75, 3.05) is 11.9 Å². The molecule has 2 rings (SSSR count). The minimum Gasteiger partial charge on any atom is -0.491 e. The zero-order valence-corrected chi connectivity index (χ0v) is 11.3. The Kier molecular flexibility index (Phi) is 3.60. The Morgan fingerprint density at radius 2 is 1.94 bits per heavy atom. The highest BCUT2D eigenvalue weighted by Gasteiger charge is 2.17. The van der Waals surface area contributed by atoms with Gasteiger partial charge in [-0.1, -0.05) is 19.9 Å². The summed E-state index contributed by atoms with van der Waals surface area (Å²) in [6.45, 7) is 9.66. The molecule has 1 aromatic rings. The summed E-state index contributed by atoms with van der Waals surface area (Å²) in [6, 6.07) is 4.99. The molecule has 2 heteroatoms. The van der Waals surface area contributed by atoms with Crippen LogP contribution in [0.25, 0.3) is 0 Å². The molecule has 0 aliphatic carbocycles. The van der Waals surface area contributed by atoms with Crippen molar-refractivity contribution >= 4 is 5.69 Å². The Bertz CT molecular complexity index is 396. The molecule has 0 saturated carbocycles. The zero-order valence-electron chi connectivity index (χ0n) is 11.3. The molecule has 0 radical (unpaired) electrons. The molecular formula is C15H23NO. The van der Waals surface area contributed by atoms with Gasteiger partial charge in [0.15, 0.2) is 0 Å². The van der Waals surface area contributed by atoms with Crippen molar-refractivity contribution in [3.8, 4) is 5.75 Å². The third kappa shape index (κ3) is 2.74. The van der Waals surface area contributed by atoms with Gasteiger partial charge in [-0.25, -0.2) is 0 Å². The van der Waals surface area contributed by atoms with Crippen LogP contribution in [0.3, 0.4) is 0 Å². The summed E-state index contributed by atoms with van der Waals surface area (Å²) < 4.78 is 5.83. The molecule has 1 aliphatic heterocycles. The lowest BCUT2D eigenvalue weighted by Crippen LogP contribution is -2.16. The van der Waals surface area contributed by atoms with Gasteiger partial charge in [0.25, 0.3) is 0 Å². The predicted molar refractivity (Wildman–Crippen MR) is 73.1 cm³/mol. The molecule has 0 atom stereocenters. The number of nitrogens with one attached hydrogen (secondary N) is 1. The average molecular weight is 233 g/mol. The maximum Gasteiger partial charge on any atom is 0.145 e. The predicted octanol–water partition coefficient (Wildman–Crippen LogP) is 3.96. The van der Waals surface area contributed by atoms with E-state index in [2.05, 4.69) is 45.1 Å². The van der Waals surface area contributed by atoms with E-state index in [1.165, 1.54) is 16.8 Å². The van der Waals surface area contributed by atoms with Crippen LogP contribution in [0.4, 0.5) is 5.69 Å². The van der Waals surface area contributed by atoms with Crippen LogP contribution in [0.5, 0.6) is 5.75 Å². The van der Waals surface area contributed by atoms with Gasteiger partial charge in [0.1, 0.15) is 5.75 Å². The van der Waals surface area contributed by atoms with Gasteiger partial charge in [-0.05, 0) is 49.8 Å². The minimum absolute atomic E-state index is 0.437. The molecule has 0 spiro atoms. The summed E-state index contributed by atoms with van der Waals surface area (Å²) in [7, 11) is 0. The molecule has 0 unspecified atom stereocenters. The second-order valence-electron chi connectivity index (χ2n) is 5.46. The van der Waals surface area contributed by atoms with Crippen LogP contribution in [-0.2, 0) is 6.42 Å². The van der Waals surface area contributed by atoms with Crippen LogP contribution >= 0.6 is 0 Å². The van der Waals surface area contributed by atoms with Gasteiger partial charge < -0.3 is 10.1 Å². The topological polar surface area (TPSA) is 21.3 Å². The third-order valence-electron chi connectivity index (χ3n) is 3.14. The van der Waals surface area contributed by atoms with E-state index in [1.807, 2.05) is 0 Å². The van der Waals surface area contributed by atoms with Crippen molar-refractivity contribution < 1.29 is 4.74 Å². The number of ether oxygens (including phenoxy) is 1. The second-order valence-corrected chi connectivity index (χ2v) is 5.46. The third-order valence-corrected chi connectivity index (χ3v) is 3.14. The largest absolute Gasteiger partial charge is 0.491 e. The summed E-state index contributed by atoms with van der Waals surface area (Å²) in [5.41, 5.74) is 3.93. The summed E-state index contributed by atoms with van der Waals surface area (Å²) in [4.78, 5) is 0. The van der Waals surface area contributed by atoms with Gasteiger partial charge in [-0.3, -0.25) is 0 Å². The van der Waals surface area contributed by atoms with Crippen LogP contribution in [-0.4, -0.2) is 12.6 Å². The molecule has 2 nitrogen and oxygen atoms in total. The maximum atomic E-state index is 5.83. The molecule has 94 valence electrons. The fourth-order valence-electron chi connectivity index (χ4n) is 2.26. The molecule has 1 heterocycles. The summed E-state index contributed by atoms with van der Waals surface area (Å²) >= 11 is 0. The first kappa shape index (κ1) is 12.3. The van der Waals surface area contributed by atoms with Gasteiger partial charge >= 0.3 is 0 Å². The Morgan fingerprint density at radius 3 is 2.59 bits per heavy atom. The van der Waals surface area contributed by atoms with Crippen molar-refractivity contribution in [3.05, 3.63) is 23.3 Å². The van der Waals surface area contributed by atoms with Gasteiger partial charge in [-0.15, -0.1) is 0 Å². The van der Waals surface area contributed by atoms with Crippen molar-refractivity contribution in [3.63, 3.8) is 0 Å². The first-order chi connectivity index (χ1) is 8.08. The number of hydrogen-bond donors (Lipinski definition) is 1. The van der Waals surface area contributed by atoms with E-state index >= 15 is 0 Å². The first-order valence-corrected chi connectivity index (χ1v) is 6.64. The van der Waals surface area contributed by atoms with Crippen LogP contribution < -0.4 is 10.1 Å². The molecule has 0 amide bonds. The smallest absolute Gasteiger partial charge is 0.145 e. The van der Waals surface area contributed by atoms with Crippen molar-refractivity contribution in [1.82, 2.24) is 0 Å². The lowest BCUT2D eigenvalue weighted by molar-refractivity contribution is 0.289. The molecule has 0 fully saturated rings. The number of aryl methyl sites for hydroxylation is 1. The van der Waals surface area contributed by atoms with Crippen molar-refractivity contribution in [1.29, 1.82) is 0 Å². The van der Waals surface area contributed by atoms with Crippen LogP contribution in [0, 0.1) is 0 Å². The monoisotopic (exact) mass is 233 g/mol. The average Bonchev–Trinajstić information content (AvgIpc) is 2.28. The van der Waals surface area contributed by atoms with E-state index in [4.69, 9.17) is 4.74 Å². The fraction of sp³-hybridized carbons (Fsp3) is 0.600. The zero-order chi connectivity index (χ0) is 12.4. The molecule has 17 heavy (non-hydrogen) atoms. The van der Waals surface area contributed by atoms with E-state index in [0.29, 0.717) is 12.0 Å². The molecule has 1 N–H and O–H groups in total. The molecule has 0 bridgehead atoms. The second kappa shape index (κ2) is 4.99. The van der Waals surface area contributed by atoms with E-state index in [1.54, 1.807) is 0 Å². The number of fused-ring (bicyclic) bond motifs is 1. The van der Waals surface area contributed by atoms with Crippen LogP contribution in [0.2, 0.25) is 0 Å². The highest BCUT2D eigenvalue weighted by molar-refractivity contribution is 5.63. The van der Waals surface area contributed by atoms with E-state index < -0.39 is 0 Å². The molecule has 0 saturated heterocycles. The Balaban J connectivity index is 2.42. The van der Waals surface area contributed by atoms with Gasteiger partial charge in [0, 0.05) is 6.04 Å². The van der Waals surface area contributed by atoms with Gasteiger partial charge in [-0.2, -0.15) is 0 Å². The quantitative estimate of drug-likeness (QED) is 0.853. The Hall–Kier alpha value is -1.18. The van der Waals surface area contributed by atoms with Gasteiger partial charge in [0.05, 0.1) is 12.3 Å². The highest BCUT2D eigenvalue weighted by Crippen LogP contribution is 2.36. The summed E-state index contributed by atoms with van der Waals surface area (Å²) in [6.07, 6.45) is 2.28. The number of benzene rings is 1. The normalized spacial score (nSPS) is 14.7. The number of anilines is 1. The van der Waals surface area contributed by atoms with E-state index in [9.17, 15) is 0 Å². The number of hydrogen-bond acceptors (Lipinski definition) is 2.